The summed E-state index contributed by atoms with van der Waals surface area (Å²) in [5, 5.41) is 10.8. The number of carbonyl (C=O) groups excluding carboxylic acids is 1. The number of aliphatic hydroxyl groups is 1. The lowest BCUT2D eigenvalue weighted by atomic mass is 9.88. The summed E-state index contributed by atoms with van der Waals surface area (Å²) in [4.78, 5) is 11.3. The Morgan fingerprint density at radius 3 is 2.41 bits per heavy atom. The van der Waals surface area contributed by atoms with Crippen molar-refractivity contribution in [3.05, 3.63) is 23.0 Å². The van der Waals surface area contributed by atoms with E-state index in [9.17, 15) is 9.90 Å². The lowest BCUT2D eigenvalue weighted by molar-refractivity contribution is -0.283. The van der Waals surface area contributed by atoms with Gasteiger partial charge in [-0.15, -0.1) is 0 Å². The molecule has 0 aromatic heterocycles. The molecule has 1 heterocycles. The van der Waals surface area contributed by atoms with E-state index in [0.29, 0.717) is 0 Å². The van der Waals surface area contributed by atoms with Gasteiger partial charge in [-0.2, -0.15) is 0 Å². The highest BCUT2D eigenvalue weighted by atomic mass is 16.7. The van der Waals surface area contributed by atoms with Crippen LogP contribution in [0.5, 0.6) is 0 Å². The van der Waals surface area contributed by atoms with E-state index in [4.69, 9.17) is 18.9 Å². The van der Waals surface area contributed by atoms with Gasteiger partial charge in [-0.3, -0.25) is 4.79 Å². The standard InChI is InChI=1S/C21H36O6/c1-9-11-13(3)19(24-8)14(4)17(10-2)27-18-12-21(7,23)20(15(5)25-18)26-16(6)22/h11,15,17-18,20,23H,9-10,12H2,1-8H3/b13-11+,19-14-/t15?,17-,18?,20?,21?/m0/s1. The molecule has 1 fully saturated rings. The number of carbonyl (C=O) groups is 1. The van der Waals surface area contributed by atoms with Gasteiger partial charge in [0.15, 0.2) is 12.4 Å². The van der Waals surface area contributed by atoms with Crippen LogP contribution in [-0.2, 0) is 23.7 Å². The fraction of sp³-hybridized carbons (Fsp3) is 0.762. The molecule has 1 rings (SSSR count). The van der Waals surface area contributed by atoms with Crippen molar-refractivity contribution < 1.29 is 28.8 Å². The topological polar surface area (TPSA) is 74.2 Å². The van der Waals surface area contributed by atoms with E-state index in [1.807, 2.05) is 20.8 Å². The number of rotatable bonds is 8. The average molecular weight is 385 g/mol. The summed E-state index contributed by atoms with van der Waals surface area (Å²) < 4.78 is 22.9. The van der Waals surface area contributed by atoms with Crippen molar-refractivity contribution in [3.63, 3.8) is 0 Å². The molecule has 0 bridgehead atoms. The van der Waals surface area contributed by atoms with Gasteiger partial charge in [0.2, 0.25) is 0 Å². The van der Waals surface area contributed by atoms with Crippen molar-refractivity contribution in [2.45, 2.75) is 97.9 Å². The molecule has 4 unspecified atom stereocenters. The number of allylic oxidation sites excluding steroid dienone is 2. The highest BCUT2D eigenvalue weighted by Gasteiger charge is 2.47. The van der Waals surface area contributed by atoms with Crippen molar-refractivity contribution in [1.29, 1.82) is 0 Å². The number of methoxy groups -OCH3 is 1. The van der Waals surface area contributed by atoms with Crippen LogP contribution in [0, 0.1) is 0 Å². The molecule has 0 spiro atoms. The molecule has 1 aliphatic rings. The van der Waals surface area contributed by atoms with E-state index < -0.39 is 30.1 Å². The summed E-state index contributed by atoms with van der Waals surface area (Å²) >= 11 is 0. The second-order valence-corrected chi connectivity index (χ2v) is 7.41. The summed E-state index contributed by atoms with van der Waals surface area (Å²) in [7, 11) is 1.66. The summed E-state index contributed by atoms with van der Waals surface area (Å²) in [6, 6.07) is 0. The van der Waals surface area contributed by atoms with Crippen molar-refractivity contribution in [3.8, 4) is 0 Å². The van der Waals surface area contributed by atoms with Gasteiger partial charge in [-0.05, 0) is 51.7 Å². The van der Waals surface area contributed by atoms with E-state index in [-0.39, 0.29) is 12.5 Å². The van der Waals surface area contributed by atoms with Gasteiger partial charge in [-0.25, -0.2) is 0 Å². The quantitative estimate of drug-likeness (QED) is 0.389. The van der Waals surface area contributed by atoms with Gasteiger partial charge in [0, 0.05) is 13.3 Å². The first-order valence-electron chi connectivity index (χ1n) is 9.69. The minimum absolute atomic E-state index is 0.210. The Bertz CT molecular complexity index is 563. The second kappa shape index (κ2) is 10.2. The van der Waals surface area contributed by atoms with Crippen molar-refractivity contribution >= 4 is 5.97 Å². The number of esters is 1. The van der Waals surface area contributed by atoms with Gasteiger partial charge in [0.05, 0.1) is 19.3 Å². The molecule has 6 heteroatoms. The van der Waals surface area contributed by atoms with E-state index in [2.05, 4.69) is 13.0 Å². The molecule has 156 valence electrons. The molecule has 1 aliphatic heterocycles. The Morgan fingerprint density at radius 1 is 1.33 bits per heavy atom. The second-order valence-electron chi connectivity index (χ2n) is 7.41. The van der Waals surface area contributed by atoms with Crippen LogP contribution in [0.15, 0.2) is 23.0 Å². The maximum Gasteiger partial charge on any atom is 0.303 e. The molecule has 0 aromatic rings. The Morgan fingerprint density at radius 2 is 1.96 bits per heavy atom. The van der Waals surface area contributed by atoms with Crippen LogP contribution < -0.4 is 0 Å². The molecular weight excluding hydrogens is 348 g/mol. The Hall–Kier alpha value is -1.37. The predicted molar refractivity (Wildman–Crippen MR) is 104 cm³/mol. The molecule has 0 aliphatic carbocycles. The molecule has 0 aromatic carbocycles. The molecule has 0 radical (unpaired) electrons. The van der Waals surface area contributed by atoms with E-state index in [0.717, 1.165) is 29.7 Å². The van der Waals surface area contributed by atoms with Crippen LogP contribution in [0.2, 0.25) is 0 Å². The fourth-order valence-electron chi connectivity index (χ4n) is 3.67. The molecule has 27 heavy (non-hydrogen) atoms. The zero-order valence-corrected chi connectivity index (χ0v) is 18.0. The van der Waals surface area contributed by atoms with Gasteiger partial charge in [0.25, 0.3) is 0 Å². The first kappa shape index (κ1) is 23.7. The number of ether oxygens (including phenoxy) is 4. The van der Waals surface area contributed by atoms with Gasteiger partial charge in [-0.1, -0.05) is 19.9 Å². The zero-order chi connectivity index (χ0) is 20.8. The maximum atomic E-state index is 11.3. The summed E-state index contributed by atoms with van der Waals surface area (Å²) in [6.45, 7) is 12.9. The third-order valence-corrected chi connectivity index (χ3v) is 4.88. The zero-order valence-electron chi connectivity index (χ0n) is 18.0. The molecule has 6 nitrogen and oxygen atoms in total. The number of hydrogen-bond acceptors (Lipinski definition) is 6. The van der Waals surface area contributed by atoms with Crippen molar-refractivity contribution in [1.82, 2.24) is 0 Å². The van der Waals surface area contributed by atoms with Crippen LogP contribution in [-0.4, -0.2) is 48.4 Å². The van der Waals surface area contributed by atoms with Crippen LogP contribution in [0.3, 0.4) is 0 Å². The Balaban J connectivity index is 2.98. The minimum Gasteiger partial charge on any atom is -0.496 e. The van der Waals surface area contributed by atoms with Crippen molar-refractivity contribution in [2.24, 2.45) is 0 Å². The normalized spacial score (nSPS) is 31.1. The highest BCUT2D eigenvalue weighted by Crippen LogP contribution is 2.34. The first-order valence-corrected chi connectivity index (χ1v) is 9.69. The predicted octanol–water partition coefficient (Wildman–Crippen LogP) is 3.88. The molecular formula is C21H36O6. The van der Waals surface area contributed by atoms with Gasteiger partial charge >= 0.3 is 5.97 Å². The van der Waals surface area contributed by atoms with Crippen LogP contribution in [0.4, 0.5) is 0 Å². The van der Waals surface area contributed by atoms with Crippen LogP contribution >= 0.6 is 0 Å². The SMILES string of the molecule is CC/C=C(C)/C(OC)=C(\C)[C@H](CC)OC1CC(C)(O)C(OC(C)=O)C(C)O1. The van der Waals surface area contributed by atoms with Crippen LogP contribution in [0.25, 0.3) is 0 Å². The molecule has 0 amide bonds. The van der Waals surface area contributed by atoms with Crippen LogP contribution in [0.1, 0.15) is 67.7 Å². The van der Waals surface area contributed by atoms with Gasteiger partial charge < -0.3 is 24.1 Å². The molecule has 1 saturated heterocycles. The summed E-state index contributed by atoms with van der Waals surface area (Å²) in [6.07, 6.45) is 1.97. The first-order chi connectivity index (χ1) is 12.6. The van der Waals surface area contributed by atoms with E-state index >= 15 is 0 Å². The fourth-order valence-corrected chi connectivity index (χ4v) is 3.67. The minimum atomic E-state index is -1.23. The lowest BCUT2D eigenvalue weighted by Crippen LogP contribution is -2.57. The Labute approximate surface area is 163 Å². The van der Waals surface area contributed by atoms with Crippen molar-refractivity contribution in [2.75, 3.05) is 7.11 Å². The van der Waals surface area contributed by atoms with Gasteiger partial charge in [0.1, 0.15) is 11.4 Å². The average Bonchev–Trinajstić information content (AvgIpc) is 2.56. The number of hydrogen-bond donors (Lipinski definition) is 1. The Kier molecular flexibility index (Phi) is 8.99. The lowest BCUT2D eigenvalue weighted by Gasteiger charge is -2.44. The third kappa shape index (κ3) is 6.33. The third-order valence-electron chi connectivity index (χ3n) is 4.88. The molecule has 1 N–H and O–H groups in total. The summed E-state index contributed by atoms with van der Waals surface area (Å²) in [5.74, 6) is 0.375. The van der Waals surface area contributed by atoms with E-state index in [1.165, 1.54) is 6.92 Å². The smallest absolute Gasteiger partial charge is 0.303 e. The maximum absolute atomic E-state index is 11.3. The molecule has 0 saturated carbocycles. The largest absolute Gasteiger partial charge is 0.496 e. The van der Waals surface area contributed by atoms with E-state index in [1.54, 1.807) is 21.0 Å². The monoisotopic (exact) mass is 384 g/mol. The highest BCUT2D eigenvalue weighted by molar-refractivity contribution is 5.66. The molecule has 5 atom stereocenters. The summed E-state index contributed by atoms with van der Waals surface area (Å²) in [5.41, 5.74) is 0.825.